The Labute approximate surface area is 184 Å². The Bertz CT molecular complexity index is 1290. The molecule has 0 unspecified atom stereocenters. The molecule has 0 bridgehead atoms. The van der Waals surface area contributed by atoms with Gasteiger partial charge >= 0.3 is 0 Å². The van der Waals surface area contributed by atoms with Crippen LogP contribution in [0.1, 0.15) is 21.7 Å². The Morgan fingerprint density at radius 2 is 1.81 bits per heavy atom. The molecule has 0 saturated carbocycles. The van der Waals surface area contributed by atoms with Crippen molar-refractivity contribution in [3.05, 3.63) is 92.5 Å². The number of hydrogen-bond donors (Lipinski definition) is 1. The number of thiophene rings is 1. The molecule has 2 aromatic carbocycles. The Morgan fingerprint density at radius 1 is 1.06 bits per heavy atom. The van der Waals surface area contributed by atoms with Crippen LogP contribution < -0.4 is 5.56 Å². The van der Waals surface area contributed by atoms with Crippen LogP contribution in [0, 0.1) is 26.6 Å². The molecule has 0 aliphatic carbocycles. The maximum atomic E-state index is 14.1. The highest BCUT2D eigenvalue weighted by molar-refractivity contribution is 7.15. The third-order valence-electron chi connectivity index (χ3n) is 5.46. The lowest BCUT2D eigenvalue weighted by Gasteiger charge is -2.16. The molecule has 0 radical (unpaired) electrons. The van der Waals surface area contributed by atoms with Gasteiger partial charge in [0.15, 0.2) is 11.6 Å². The van der Waals surface area contributed by atoms with Crippen molar-refractivity contribution >= 4 is 11.3 Å². The topological polar surface area (TPSA) is 55.1 Å². The second kappa shape index (κ2) is 8.47. The van der Waals surface area contributed by atoms with Crippen LogP contribution in [-0.4, -0.2) is 14.7 Å². The minimum Gasteiger partial charge on any atom is -0.504 e. The van der Waals surface area contributed by atoms with E-state index in [-0.39, 0.29) is 16.9 Å². The zero-order valence-corrected chi connectivity index (χ0v) is 18.5. The molecule has 2 aromatic heterocycles. The summed E-state index contributed by atoms with van der Waals surface area (Å²) in [6.45, 7) is 6.19. The predicted molar refractivity (Wildman–Crippen MR) is 123 cm³/mol. The molecule has 4 rings (SSSR count). The van der Waals surface area contributed by atoms with Gasteiger partial charge in [-0.3, -0.25) is 9.36 Å². The van der Waals surface area contributed by atoms with Gasteiger partial charge in [-0.25, -0.2) is 9.37 Å². The van der Waals surface area contributed by atoms with Gasteiger partial charge in [0.1, 0.15) is 5.82 Å². The fraction of sp³-hybridized carbons (Fsp3) is 0.200. The second-order valence-corrected chi connectivity index (χ2v) is 8.83. The van der Waals surface area contributed by atoms with Gasteiger partial charge in [-0.1, -0.05) is 36.4 Å². The predicted octanol–water partition coefficient (Wildman–Crippen LogP) is 5.65. The normalized spacial score (nSPS) is 11.1. The van der Waals surface area contributed by atoms with Crippen LogP contribution in [0.25, 0.3) is 21.8 Å². The molecule has 0 atom stereocenters. The molecule has 1 N–H and O–H groups in total. The molecule has 31 heavy (non-hydrogen) atoms. The number of phenols is 1. The second-order valence-electron chi connectivity index (χ2n) is 7.57. The van der Waals surface area contributed by atoms with Gasteiger partial charge in [-0.05, 0) is 56.5 Å². The first-order valence-corrected chi connectivity index (χ1v) is 10.9. The quantitative estimate of drug-likeness (QED) is 0.441. The van der Waals surface area contributed by atoms with Gasteiger partial charge in [0, 0.05) is 16.3 Å². The molecular weight excluding hydrogens is 411 g/mol. The summed E-state index contributed by atoms with van der Waals surface area (Å²) in [5.41, 5.74) is 3.33. The van der Waals surface area contributed by atoms with Crippen molar-refractivity contribution in [2.24, 2.45) is 0 Å². The van der Waals surface area contributed by atoms with Crippen LogP contribution in [0.3, 0.4) is 0 Å². The SMILES string of the molecule is Cc1cc(-c2c(C)nc(-c3cccc(F)c3O)n(CCc3ccccc3)c2=O)sc1C. The summed E-state index contributed by atoms with van der Waals surface area (Å²) in [6.07, 6.45) is 0.608. The van der Waals surface area contributed by atoms with E-state index in [0.717, 1.165) is 20.9 Å². The van der Waals surface area contributed by atoms with E-state index in [0.29, 0.717) is 24.2 Å². The van der Waals surface area contributed by atoms with E-state index in [4.69, 9.17) is 0 Å². The van der Waals surface area contributed by atoms with Crippen molar-refractivity contribution < 1.29 is 9.50 Å². The molecule has 0 fully saturated rings. The summed E-state index contributed by atoms with van der Waals surface area (Å²) < 4.78 is 15.6. The molecule has 2 heterocycles. The van der Waals surface area contributed by atoms with Crippen LogP contribution in [0.2, 0.25) is 0 Å². The number of halogens is 1. The van der Waals surface area contributed by atoms with Gasteiger partial charge < -0.3 is 5.11 Å². The number of aromatic hydroxyl groups is 1. The number of benzene rings is 2. The van der Waals surface area contributed by atoms with E-state index in [9.17, 15) is 14.3 Å². The maximum absolute atomic E-state index is 14.1. The summed E-state index contributed by atoms with van der Waals surface area (Å²) in [5.74, 6) is -0.977. The Morgan fingerprint density at radius 3 is 2.48 bits per heavy atom. The average molecular weight is 435 g/mol. The van der Waals surface area contributed by atoms with E-state index >= 15 is 0 Å². The number of hydrogen-bond acceptors (Lipinski definition) is 4. The summed E-state index contributed by atoms with van der Waals surface area (Å²) in [6, 6.07) is 16.1. The van der Waals surface area contributed by atoms with Crippen LogP contribution >= 0.6 is 11.3 Å². The lowest BCUT2D eigenvalue weighted by atomic mass is 10.1. The van der Waals surface area contributed by atoms with Crippen molar-refractivity contribution in [3.8, 4) is 27.6 Å². The molecule has 6 heteroatoms. The van der Waals surface area contributed by atoms with Crippen molar-refractivity contribution in [1.82, 2.24) is 9.55 Å². The third-order valence-corrected chi connectivity index (χ3v) is 6.63. The number of aryl methyl sites for hydroxylation is 4. The monoisotopic (exact) mass is 434 g/mol. The highest BCUT2D eigenvalue weighted by atomic mass is 32.1. The molecule has 0 saturated heterocycles. The number of para-hydroxylation sites is 1. The van der Waals surface area contributed by atoms with Crippen LogP contribution in [-0.2, 0) is 13.0 Å². The zero-order chi connectivity index (χ0) is 22.1. The van der Waals surface area contributed by atoms with Gasteiger partial charge in [-0.15, -0.1) is 11.3 Å². The van der Waals surface area contributed by atoms with Crippen molar-refractivity contribution in [2.45, 2.75) is 33.7 Å². The smallest absolute Gasteiger partial charge is 0.262 e. The molecule has 4 nitrogen and oxygen atoms in total. The molecule has 0 amide bonds. The van der Waals surface area contributed by atoms with Gasteiger partial charge in [0.05, 0.1) is 16.8 Å². The fourth-order valence-electron chi connectivity index (χ4n) is 3.64. The number of rotatable bonds is 5. The van der Waals surface area contributed by atoms with Crippen molar-refractivity contribution in [1.29, 1.82) is 0 Å². The van der Waals surface area contributed by atoms with Crippen molar-refractivity contribution in [2.75, 3.05) is 0 Å². The number of aromatic nitrogens is 2. The molecule has 158 valence electrons. The van der Waals surface area contributed by atoms with Crippen LogP contribution in [0.15, 0.2) is 59.4 Å². The molecule has 4 aromatic rings. The minimum absolute atomic E-state index is 0.191. The number of nitrogens with zero attached hydrogens (tertiary/aromatic N) is 2. The summed E-state index contributed by atoms with van der Waals surface area (Å²) in [5, 5.41) is 10.3. The van der Waals surface area contributed by atoms with E-state index in [2.05, 4.69) is 4.98 Å². The Balaban J connectivity index is 1.91. The third kappa shape index (κ3) is 4.03. The van der Waals surface area contributed by atoms with Gasteiger partial charge in [0.2, 0.25) is 0 Å². The summed E-state index contributed by atoms with van der Waals surface area (Å²) in [4.78, 5) is 20.4. The van der Waals surface area contributed by atoms with E-state index in [1.54, 1.807) is 28.9 Å². The highest BCUT2D eigenvalue weighted by Gasteiger charge is 2.21. The van der Waals surface area contributed by atoms with Gasteiger partial charge in [-0.2, -0.15) is 0 Å². The van der Waals surface area contributed by atoms with E-state index in [1.165, 1.54) is 12.1 Å². The van der Waals surface area contributed by atoms with Gasteiger partial charge in [0.25, 0.3) is 5.56 Å². The summed E-state index contributed by atoms with van der Waals surface area (Å²) >= 11 is 1.56. The lowest BCUT2D eigenvalue weighted by molar-refractivity contribution is 0.433. The van der Waals surface area contributed by atoms with Crippen LogP contribution in [0.4, 0.5) is 4.39 Å². The Kier molecular flexibility index (Phi) is 5.74. The minimum atomic E-state index is -0.743. The average Bonchev–Trinajstić information content (AvgIpc) is 3.07. The molecule has 0 spiro atoms. The largest absolute Gasteiger partial charge is 0.504 e. The molecule has 0 aliphatic rings. The first kappa shape index (κ1) is 21.0. The number of phenolic OH excluding ortho intramolecular Hbond substituents is 1. The first-order valence-electron chi connectivity index (χ1n) is 10.1. The highest BCUT2D eigenvalue weighted by Crippen LogP contribution is 2.33. The fourth-order valence-corrected chi connectivity index (χ4v) is 4.76. The van der Waals surface area contributed by atoms with Crippen molar-refractivity contribution in [3.63, 3.8) is 0 Å². The maximum Gasteiger partial charge on any atom is 0.262 e. The lowest BCUT2D eigenvalue weighted by Crippen LogP contribution is -2.27. The zero-order valence-electron chi connectivity index (χ0n) is 17.6. The van der Waals surface area contributed by atoms with E-state index < -0.39 is 11.6 Å². The Hall–Kier alpha value is -3.25. The van der Waals surface area contributed by atoms with Crippen LogP contribution in [0.5, 0.6) is 5.75 Å². The first-order chi connectivity index (χ1) is 14.9. The van der Waals surface area contributed by atoms with E-state index in [1.807, 2.05) is 50.2 Å². The molecular formula is C25H23FN2O2S. The molecule has 0 aliphatic heterocycles. The summed E-state index contributed by atoms with van der Waals surface area (Å²) in [7, 11) is 0. The standard InChI is InChI=1S/C25H23FN2O2S/c1-15-14-21(31-17(15)3)22-16(2)27-24(19-10-7-11-20(26)23(19)29)28(25(22)30)13-12-18-8-5-4-6-9-18/h4-11,14,29H,12-13H2,1-3H3.